The molecular formula is C2H4O2Si3. The molecule has 36 valence electrons. The Hall–Kier alpha value is 0.571. The molecule has 0 bridgehead atoms. The molecule has 0 saturated carbocycles. The lowest BCUT2D eigenvalue weighted by molar-refractivity contribution is -0.199. The minimum atomic E-state index is 0.613. The van der Waals surface area contributed by atoms with Crippen LogP contribution in [-0.4, -0.2) is 33.5 Å². The molecule has 1 aliphatic heterocycles. The second-order valence-electron chi connectivity index (χ2n) is 1.06. The average Bonchev–Trinajstić information content (AvgIpc) is 1.90. The van der Waals surface area contributed by atoms with Gasteiger partial charge in [-0.15, -0.1) is 0 Å². The molecule has 1 aliphatic rings. The molecular weight excluding hydrogens is 140 g/mol. The monoisotopic (exact) mass is 144 g/mol. The molecule has 1 rings (SSSR count). The normalized spacial score (nSPS) is 24.0. The highest BCUT2D eigenvalue weighted by Crippen LogP contribution is 1.85. The van der Waals surface area contributed by atoms with E-state index in [2.05, 4.69) is 0 Å². The van der Waals surface area contributed by atoms with E-state index >= 15 is 0 Å². The highest BCUT2D eigenvalue weighted by atomic mass is 29.5. The third-order valence-corrected chi connectivity index (χ3v) is 5.83. The third-order valence-electron chi connectivity index (χ3n) is 0.550. The van der Waals surface area contributed by atoms with Gasteiger partial charge in [0.25, 0.3) is 9.28 Å². The zero-order valence-corrected chi connectivity index (χ0v) is 6.73. The van der Waals surface area contributed by atoms with E-state index in [0.717, 1.165) is 24.2 Å². The Kier molecular flexibility index (Phi) is 2.90. The Morgan fingerprint density at radius 1 is 1.43 bits per heavy atom. The Morgan fingerprint density at radius 3 is 3.43 bits per heavy atom. The van der Waals surface area contributed by atoms with Crippen LogP contribution in [0, 0.1) is 0 Å². The summed E-state index contributed by atoms with van der Waals surface area (Å²) in [7, 11) is 2.70. The van der Waals surface area contributed by atoms with E-state index in [1.54, 1.807) is 0 Å². The highest BCUT2D eigenvalue weighted by molar-refractivity contribution is 7.27. The lowest BCUT2D eigenvalue weighted by atomic mass is 10.9. The fourth-order valence-corrected chi connectivity index (χ4v) is 4.20. The molecule has 1 fully saturated rings. The molecule has 1 saturated heterocycles. The Balaban J connectivity index is 2.04. The topological polar surface area (TPSA) is 18.5 Å². The maximum Gasteiger partial charge on any atom is 0.254 e. The van der Waals surface area contributed by atoms with E-state index in [-0.39, 0.29) is 0 Å². The van der Waals surface area contributed by atoms with Crippen LogP contribution in [0.1, 0.15) is 0 Å². The van der Waals surface area contributed by atoms with Crippen LogP contribution in [0.25, 0.3) is 0 Å². The van der Waals surface area contributed by atoms with Crippen molar-refractivity contribution in [2.45, 2.75) is 6.04 Å². The van der Waals surface area contributed by atoms with Crippen molar-refractivity contribution in [1.29, 1.82) is 0 Å². The van der Waals surface area contributed by atoms with Crippen molar-refractivity contribution in [1.82, 2.24) is 0 Å². The van der Waals surface area contributed by atoms with E-state index < -0.39 is 0 Å². The molecule has 0 aromatic heterocycles. The third kappa shape index (κ3) is 2.39. The smallest absolute Gasteiger partial charge is 0.254 e. The van der Waals surface area contributed by atoms with Crippen LogP contribution < -0.4 is 0 Å². The van der Waals surface area contributed by atoms with E-state index in [1.165, 1.54) is 6.04 Å². The van der Waals surface area contributed by atoms with Gasteiger partial charge in [-0.05, 0) is 6.04 Å². The first-order valence-electron chi connectivity index (χ1n) is 2.01. The first-order chi connectivity index (χ1) is 3.50. The second kappa shape index (κ2) is 3.56. The van der Waals surface area contributed by atoms with Crippen molar-refractivity contribution in [3.8, 4) is 0 Å². The van der Waals surface area contributed by atoms with E-state index in [9.17, 15) is 0 Å². The van der Waals surface area contributed by atoms with Crippen molar-refractivity contribution in [2.75, 3.05) is 6.61 Å². The summed E-state index contributed by atoms with van der Waals surface area (Å²) in [4.78, 5) is 4.72. The quantitative estimate of drug-likeness (QED) is 0.328. The average molecular weight is 144 g/mol. The van der Waals surface area contributed by atoms with Gasteiger partial charge in [0.2, 0.25) is 0 Å². The van der Waals surface area contributed by atoms with Gasteiger partial charge < -0.3 is 0 Å². The summed E-state index contributed by atoms with van der Waals surface area (Å²) in [6, 6.07) is 1.20. The first kappa shape index (κ1) is 5.70. The Morgan fingerprint density at radius 2 is 2.43 bits per heavy atom. The highest BCUT2D eigenvalue weighted by Gasteiger charge is 2.00. The summed E-state index contributed by atoms with van der Waals surface area (Å²) in [6.45, 7) is 0.804. The molecule has 0 aliphatic carbocycles. The van der Waals surface area contributed by atoms with Gasteiger partial charge in [0, 0.05) is 9.04 Å². The van der Waals surface area contributed by atoms with Gasteiger partial charge in [-0.1, -0.05) is 0 Å². The molecule has 0 atom stereocenters. The summed E-state index contributed by atoms with van der Waals surface area (Å²) >= 11 is 0. The summed E-state index contributed by atoms with van der Waals surface area (Å²) in [6.07, 6.45) is 0. The molecule has 1 heterocycles. The number of rotatable bonds is 0. The van der Waals surface area contributed by atoms with Gasteiger partial charge in [0.1, 0.15) is 0 Å². The zero-order valence-electron chi connectivity index (χ0n) is 3.73. The lowest BCUT2D eigenvalue weighted by Crippen LogP contribution is -2.10. The van der Waals surface area contributed by atoms with Gasteiger partial charge in [0.15, 0.2) is 0 Å². The molecule has 0 aromatic rings. The molecule has 0 unspecified atom stereocenters. The molecule has 0 amide bonds. The van der Waals surface area contributed by atoms with E-state index in [1.807, 2.05) is 0 Å². The fraction of sp³-hybridized carbons (Fsp3) is 1.00. The minimum Gasteiger partial charge on any atom is -0.292 e. The maximum absolute atomic E-state index is 4.74. The summed E-state index contributed by atoms with van der Waals surface area (Å²) in [5, 5.41) is 0. The minimum absolute atomic E-state index is 0.613. The van der Waals surface area contributed by atoms with Crippen molar-refractivity contribution >= 4 is 26.9 Å². The fourth-order valence-electron chi connectivity index (χ4n) is 0.283. The van der Waals surface area contributed by atoms with Crippen LogP contribution in [0.4, 0.5) is 0 Å². The van der Waals surface area contributed by atoms with Crippen LogP contribution in [-0.2, 0) is 9.46 Å². The van der Waals surface area contributed by atoms with Gasteiger partial charge in [-0.3, -0.25) is 4.58 Å². The standard InChI is InChI=1S/C2H4O2Si3/c1-2-5-7-6-4-3-1/h1-2H2. The van der Waals surface area contributed by atoms with Gasteiger partial charge >= 0.3 is 0 Å². The summed E-state index contributed by atoms with van der Waals surface area (Å²) in [5.74, 6) is 0. The van der Waals surface area contributed by atoms with Crippen LogP contribution in [0.3, 0.4) is 0 Å². The molecule has 5 heteroatoms. The van der Waals surface area contributed by atoms with Crippen molar-refractivity contribution in [2.24, 2.45) is 0 Å². The molecule has 7 heavy (non-hydrogen) atoms. The second-order valence-corrected chi connectivity index (χ2v) is 7.21. The molecule has 0 spiro atoms. The van der Waals surface area contributed by atoms with Crippen LogP contribution in [0.5, 0.6) is 0 Å². The van der Waals surface area contributed by atoms with Gasteiger partial charge in [-0.25, -0.2) is 4.89 Å². The predicted octanol–water partition coefficient (Wildman–Crippen LogP) is -0.776. The Labute approximate surface area is 49.7 Å². The molecule has 0 aromatic carbocycles. The molecule has 6 radical (unpaired) electrons. The van der Waals surface area contributed by atoms with Crippen LogP contribution >= 0.6 is 0 Å². The molecule has 0 N–H and O–H groups in total. The first-order valence-corrected chi connectivity index (χ1v) is 7.13. The Bertz CT molecular complexity index is 30.5. The maximum atomic E-state index is 4.74. The summed E-state index contributed by atoms with van der Waals surface area (Å²) in [5.41, 5.74) is 0. The van der Waals surface area contributed by atoms with Crippen molar-refractivity contribution in [3.05, 3.63) is 0 Å². The molecule has 2 nitrogen and oxygen atoms in total. The zero-order chi connectivity index (χ0) is 4.95. The number of hydrogen-bond acceptors (Lipinski definition) is 2. The number of hydrogen-bond donors (Lipinski definition) is 0. The van der Waals surface area contributed by atoms with Gasteiger partial charge in [-0.2, -0.15) is 0 Å². The van der Waals surface area contributed by atoms with Gasteiger partial charge in [0.05, 0.1) is 15.2 Å². The van der Waals surface area contributed by atoms with E-state index in [0.29, 0.717) is 9.28 Å². The van der Waals surface area contributed by atoms with Crippen LogP contribution in [0.2, 0.25) is 6.04 Å². The SMILES string of the molecule is C1C[Si][Si][Si]OO1. The lowest BCUT2D eigenvalue weighted by Gasteiger charge is -1.92. The van der Waals surface area contributed by atoms with Crippen molar-refractivity contribution in [3.63, 3.8) is 0 Å². The van der Waals surface area contributed by atoms with Crippen LogP contribution in [0.15, 0.2) is 0 Å². The van der Waals surface area contributed by atoms with E-state index in [4.69, 9.17) is 9.46 Å². The predicted molar refractivity (Wildman–Crippen MR) is 29.1 cm³/mol. The van der Waals surface area contributed by atoms with Crippen molar-refractivity contribution < 1.29 is 9.46 Å². The largest absolute Gasteiger partial charge is 0.292 e. The summed E-state index contributed by atoms with van der Waals surface area (Å²) < 4.78 is 4.74.